The Kier molecular flexibility index (Phi) is 4.93. The van der Waals surface area contributed by atoms with Gasteiger partial charge in [0.25, 0.3) is 0 Å². The summed E-state index contributed by atoms with van der Waals surface area (Å²) >= 11 is 1.45. The van der Waals surface area contributed by atoms with Crippen molar-refractivity contribution in [1.82, 2.24) is 10.3 Å². The smallest absolute Gasteiger partial charge is 0.229 e. The molecule has 6 heteroatoms. The standard InChI is InChI=1S/C17H21N3O2S/c1-11-3-4-15(22-2)13(9-11)14-10-23-17(19-14)20-16(21)12-5-7-18-8-6-12/h3-4,9-10,12,18H,5-8H2,1-2H3,(H,19,20,21). The Morgan fingerprint density at radius 2 is 2.17 bits per heavy atom. The summed E-state index contributed by atoms with van der Waals surface area (Å²) in [5.41, 5.74) is 2.93. The van der Waals surface area contributed by atoms with Crippen LogP contribution in [0, 0.1) is 12.8 Å². The van der Waals surface area contributed by atoms with Crippen LogP contribution in [0.2, 0.25) is 0 Å². The minimum atomic E-state index is 0.0728. The highest BCUT2D eigenvalue weighted by atomic mass is 32.1. The molecule has 1 fully saturated rings. The molecular formula is C17H21N3O2S. The van der Waals surface area contributed by atoms with E-state index < -0.39 is 0 Å². The summed E-state index contributed by atoms with van der Waals surface area (Å²) in [6.45, 7) is 3.85. The van der Waals surface area contributed by atoms with Gasteiger partial charge < -0.3 is 15.4 Å². The fourth-order valence-electron chi connectivity index (χ4n) is 2.77. The number of ether oxygens (including phenoxy) is 1. The van der Waals surface area contributed by atoms with Crippen molar-refractivity contribution >= 4 is 22.4 Å². The average molecular weight is 331 g/mol. The second-order valence-electron chi connectivity index (χ2n) is 5.76. The number of nitrogens with one attached hydrogen (secondary N) is 2. The number of piperidine rings is 1. The van der Waals surface area contributed by atoms with Gasteiger partial charge in [-0.05, 0) is 45.0 Å². The van der Waals surface area contributed by atoms with E-state index in [1.54, 1.807) is 7.11 Å². The van der Waals surface area contributed by atoms with Crippen molar-refractivity contribution in [2.75, 3.05) is 25.5 Å². The molecule has 0 saturated carbocycles. The van der Waals surface area contributed by atoms with Crippen LogP contribution in [-0.4, -0.2) is 31.1 Å². The van der Waals surface area contributed by atoms with Crippen molar-refractivity contribution in [3.63, 3.8) is 0 Å². The van der Waals surface area contributed by atoms with E-state index >= 15 is 0 Å². The second-order valence-corrected chi connectivity index (χ2v) is 6.61. The molecule has 23 heavy (non-hydrogen) atoms. The monoisotopic (exact) mass is 331 g/mol. The Morgan fingerprint density at radius 1 is 1.39 bits per heavy atom. The zero-order valence-corrected chi connectivity index (χ0v) is 14.2. The summed E-state index contributed by atoms with van der Waals surface area (Å²) in [4.78, 5) is 16.8. The largest absolute Gasteiger partial charge is 0.496 e. The molecular weight excluding hydrogens is 310 g/mol. The molecule has 1 amide bonds. The highest BCUT2D eigenvalue weighted by Gasteiger charge is 2.22. The number of rotatable bonds is 4. The number of methoxy groups -OCH3 is 1. The number of carbonyl (C=O) groups excluding carboxylic acids is 1. The maximum Gasteiger partial charge on any atom is 0.229 e. The first-order valence-corrected chi connectivity index (χ1v) is 8.67. The van der Waals surface area contributed by atoms with Crippen molar-refractivity contribution in [2.24, 2.45) is 5.92 Å². The van der Waals surface area contributed by atoms with E-state index in [9.17, 15) is 4.79 Å². The number of aryl methyl sites for hydroxylation is 1. The molecule has 1 aliphatic heterocycles. The molecule has 1 aromatic heterocycles. The van der Waals surface area contributed by atoms with Crippen molar-refractivity contribution in [2.45, 2.75) is 19.8 Å². The zero-order chi connectivity index (χ0) is 16.2. The molecule has 2 N–H and O–H groups in total. The fourth-order valence-corrected chi connectivity index (χ4v) is 3.48. The number of thiazole rings is 1. The van der Waals surface area contributed by atoms with E-state index in [1.165, 1.54) is 11.3 Å². The van der Waals surface area contributed by atoms with Crippen LogP contribution in [0.3, 0.4) is 0 Å². The van der Waals surface area contributed by atoms with Gasteiger partial charge in [-0.15, -0.1) is 11.3 Å². The maximum absolute atomic E-state index is 12.3. The lowest BCUT2D eigenvalue weighted by Gasteiger charge is -2.21. The Labute approximate surface area is 140 Å². The first-order chi connectivity index (χ1) is 11.2. The predicted octanol–water partition coefficient (Wildman–Crippen LogP) is 3.07. The number of amides is 1. The van der Waals surface area contributed by atoms with Gasteiger partial charge in [0, 0.05) is 16.9 Å². The van der Waals surface area contributed by atoms with E-state index in [1.807, 2.05) is 30.5 Å². The summed E-state index contributed by atoms with van der Waals surface area (Å²) in [6, 6.07) is 6.00. The van der Waals surface area contributed by atoms with Gasteiger partial charge in [-0.1, -0.05) is 11.6 Å². The van der Waals surface area contributed by atoms with Crippen LogP contribution in [0.25, 0.3) is 11.3 Å². The Hall–Kier alpha value is -1.92. The van der Waals surface area contributed by atoms with E-state index in [-0.39, 0.29) is 11.8 Å². The summed E-state index contributed by atoms with van der Waals surface area (Å²) in [7, 11) is 1.65. The average Bonchev–Trinajstić information content (AvgIpc) is 3.04. The van der Waals surface area contributed by atoms with Crippen molar-refractivity contribution in [1.29, 1.82) is 0 Å². The van der Waals surface area contributed by atoms with E-state index in [4.69, 9.17) is 4.74 Å². The quantitative estimate of drug-likeness (QED) is 0.904. The minimum absolute atomic E-state index is 0.0728. The van der Waals surface area contributed by atoms with Crippen LogP contribution in [-0.2, 0) is 4.79 Å². The third kappa shape index (κ3) is 3.71. The molecule has 5 nitrogen and oxygen atoms in total. The third-order valence-corrected chi connectivity index (χ3v) is 4.83. The minimum Gasteiger partial charge on any atom is -0.496 e. The highest BCUT2D eigenvalue weighted by molar-refractivity contribution is 7.14. The first kappa shape index (κ1) is 16.0. The Bertz CT molecular complexity index is 693. The number of carbonyl (C=O) groups is 1. The molecule has 0 radical (unpaired) electrons. The first-order valence-electron chi connectivity index (χ1n) is 7.79. The third-order valence-electron chi connectivity index (χ3n) is 4.08. The van der Waals surface area contributed by atoms with Crippen LogP contribution in [0.5, 0.6) is 5.75 Å². The van der Waals surface area contributed by atoms with Gasteiger partial charge in [-0.2, -0.15) is 0 Å². The van der Waals surface area contributed by atoms with Crippen LogP contribution in [0.4, 0.5) is 5.13 Å². The highest BCUT2D eigenvalue weighted by Crippen LogP contribution is 2.33. The Morgan fingerprint density at radius 3 is 2.91 bits per heavy atom. The lowest BCUT2D eigenvalue weighted by atomic mass is 9.97. The number of hydrogen-bond donors (Lipinski definition) is 2. The van der Waals surface area contributed by atoms with E-state index in [2.05, 4.69) is 15.6 Å². The molecule has 122 valence electrons. The second kappa shape index (κ2) is 7.10. The van der Waals surface area contributed by atoms with Gasteiger partial charge in [0.15, 0.2) is 5.13 Å². The van der Waals surface area contributed by atoms with Crippen molar-refractivity contribution in [3.05, 3.63) is 29.1 Å². The summed E-state index contributed by atoms with van der Waals surface area (Å²) < 4.78 is 5.41. The van der Waals surface area contributed by atoms with Gasteiger partial charge in [-0.25, -0.2) is 4.98 Å². The molecule has 1 saturated heterocycles. The number of nitrogens with zero attached hydrogens (tertiary/aromatic N) is 1. The SMILES string of the molecule is COc1ccc(C)cc1-c1csc(NC(=O)C2CCNCC2)n1. The van der Waals surface area contributed by atoms with Crippen molar-refractivity contribution in [3.8, 4) is 17.0 Å². The molecule has 2 heterocycles. The van der Waals surface area contributed by atoms with Crippen molar-refractivity contribution < 1.29 is 9.53 Å². The van der Waals surface area contributed by atoms with Gasteiger partial charge in [0.1, 0.15) is 5.75 Å². The molecule has 1 aromatic carbocycles. The van der Waals surface area contributed by atoms with Crippen LogP contribution in [0.15, 0.2) is 23.6 Å². The van der Waals surface area contributed by atoms with E-state index in [0.717, 1.165) is 48.5 Å². The topological polar surface area (TPSA) is 63.2 Å². The zero-order valence-electron chi connectivity index (χ0n) is 13.4. The fraction of sp³-hybridized carbons (Fsp3) is 0.412. The molecule has 1 aliphatic rings. The van der Waals surface area contributed by atoms with Gasteiger partial charge >= 0.3 is 0 Å². The lowest BCUT2D eigenvalue weighted by Crippen LogP contribution is -2.34. The normalized spacial score (nSPS) is 15.4. The molecule has 3 rings (SSSR count). The lowest BCUT2D eigenvalue weighted by molar-refractivity contribution is -0.120. The van der Waals surface area contributed by atoms with Crippen LogP contribution < -0.4 is 15.4 Å². The molecule has 2 aromatic rings. The van der Waals surface area contributed by atoms with Gasteiger partial charge in [-0.3, -0.25) is 4.79 Å². The molecule has 0 unspecified atom stereocenters. The van der Waals surface area contributed by atoms with Gasteiger partial charge in [0.05, 0.1) is 12.8 Å². The van der Waals surface area contributed by atoms with Crippen LogP contribution >= 0.6 is 11.3 Å². The number of hydrogen-bond acceptors (Lipinski definition) is 5. The Balaban J connectivity index is 1.75. The van der Waals surface area contributed by atoms with Crippen LogP contribution in [0.1, 0.15) is 18.4 Å². The maximum atomic E-state index is 12.3. The molecule has 0 atom stereocenters. The molecule has 0 aliphatic carbocycles. The van der Waals surface area contributed by atoms with Gasteiger partial charge in [0.2, 0.25) is 5.91 Å². The summed E-state index contributed by atoms with van der Waals surface area (Å²) in [5.74, 6) is 0.942. The van der Waals surface area contributed by atoms with E-state index in [0.29, 0.717) is 5.13 Å². The number of anilines is 1. The molecule has 0 spiro atoms. The molecule has 0 bridgehead atoms. The predicted molar refractivity (Wildman–Crippen MR) is 93.1 cm³/mol. The summed E-state index contributed by atoms with van der Waals surface area (Å²) in [5, 5.41) is 8.82. The number of benzene rings is 1. The number of aromatic nitrogens is 1. The summed E-state index contributed by atoms with van der Waals surface area (Å²) in [6.07, 6.45) is 1.77.